The molecular weight excluding hydrogens is 1590 g/mol. The van der Waals surface area contributed by atoms with Crippen molar-refractivity contribution in [1.29, 1.82) is 0 Å². The molecule has 0 radical (unpaired) electrons. The summed E-state index contributed by atoms with van der Waals surface area (Å²) in [6.45, 7) is 0.520. The topological polar surface area (TPSA) is 531 Å². The van der Waals surface area contributed by atoms with Crippen molar-refractivity contribution in [3.8, 4) is 11.5 Å². The molecule has 119 heavy (non-hydrogen) atoms. The SMILES string of the molecule is NCCCCCCCCCc1cccc2c1C(=O)N(C1CCC(=O)NC1=O)C2=O.Nc1ncnc2c1ccn2[C@@H]1O[C@H]([C@H](O)c2ccc(Cl)c(OCC(=O)CCCCCCCCCNc3cccc4c3C(=O)N(C3CCC(=O)NC3=O)C4=O)c2)[C@@H](O)[C@H]1O.Nc1ncnc2c1ccn2[C@@H]1O[C@H]([C@H](O)c2ccc(Cl)c(OCC(=O)O)c2)[C@@H](O)[C@H]1O. The molecule has 0 aliphatic carbocycles. The molecule has 14 rings (SSSR count). The Bertz CT molecular complexity index is 5110. The number of aliphatic hydroxyl groups is 6. The Labute approximate surface area is 691 Å². The van der Waals surface area contributed by atoms with Crippen LogP contribution in [-0.2, 0) is 44.7 Å². The van der Waals surface area contributed by atoms with Gasteiger partial charge in [0.05, 0.1) is 43.1 Å². The molecule has 0 spiro atoms. The number of carboxylic acids is 1. The number of nitrogens with zero attached hydrogens (tertiary/aromatic N) is 8. The first-order valence-electron chi connectivity index (χ1n) is 39.5. The number of nitrogens with one attached hydrogen (secondary N) is 3. The largest absolute Gasteiger partial charge is 0.484 e. The van der Waals surface area contributed by atoms with Crippen molar-refractivity contribution in [2.24, 2.45) is 5.73 Å². The molecule has 632 valence electrons. The molecule has 8 amide bonds. The number of aliphatic hydroxyl groups excluding tert-OH is 6. The number of nitrogen functional groups attached to an aromatic ring is 2. The Morgan fingerprint density at radius 3 is 1.50 bits per heavy atom. The van der Waals surface area contributed by atoms with Gasteiger partial charge in [-0.1, -0.05) is 118 Å². The number of carbonyl (C=O) groups excluding carboxylic acids is 9. The normalized spacial score (nSPS) is 22.0. The number of Topliss-reactive ketones (excluding diaryl/α,β-unsaturated/α-hetero) is 1. The lowest BCUT2D eigenvalue weighted by molar-refractivity contribution is -0.139. The second kappa shape index (κ2) is 39.7. The van der Waals surface area contributed by atoms with Crippen LogP contribution in [-0.4, -0.2) is 209 Å². The van der Waals surface area contributed by atoms with E-state index in [-0.39, 0.29) is 93.9 Å². The van der Waals surface area contributed by atoms with Gasteiger partial charge >= 0.3 is 5.97 Å². The summed E-state index contributed by atoms with van der Waals surface area (Å²) < 4.78 is 25.6. The number of aryl methyl sites for hydroxylation is 1. The van der Waals surface area contributed by atoms with Gasteiger partial charge in [-0.05, 0) is 123 Å². The lowest BCUT2D eigenvalue weighted by Crippen LogP contribution is -2.54. The smallest absolute Gasteiger partial charge is 0.341 e. The van der Waals surface area contributed by atoms with E-state index in [9.17, 15) is 78.6 Å². The number of piperidine rings is 2. The molecule has 0 saturated carbocycles. The van der Waals surface area contributed by atoms with Crippen LogP contribution in [0, 0.1) is 0 Å². The zero-order chi connectivity index (χ0) is 84.9. The van der Waals surface area contributed by atoms with Gasteiger partial charge in [0.2, 0.25) is 23.6 Å². The quantitative estimate of drug-likeness (QED) is 0.0153. The van der Waals surface area contributed by atoms with Crippen molar-refractivity contribution in [3.63, 3.8) is 0 Å². The molecule has 4 aromatic carbocycles. The van der Waals surface area contributed by atoms with E-state index in [0.717, 1.165) is 92.5 Å². The molecule has 4 aromatic heterocycles. The van der Waals surface area contributed by atoms with Crippen LogP contribution in [0.1, 0.15) is 205 Å². The summed E-state index contributed by atoms with van der Waals surface area (Å²) in [5, 5.41) is 82.8. The van der Waals surface area contributed by atoms with E-state index >= 15 is 0 Å². The predicted molar refractivity (Wildman–Crippen MR) is 429 cm³/mol. The molecule has 10 heterocycles. The number of carbonyl (C=O) groups is 10. The summed E-state index contributed by atoms with van der Waals surface area (Å²) in [6.07, 6.45) is 8.47. The van der Waals surface area contributed by atoms with E-state index in [1.54, 1.807) is 60.9 Å². The second-order valence-corrected chi connectivity index (χ2v) is 30.6. The van der Waals surface area contributed by atoms with Crippen LogP contribution in [0.2, 0.25) is 10.0 Å². The van der Waals surface area contributed by atoms with E-state index in [4.69, 9.17) is 64.5 Å². The molecule has 8 aromatic rings. The summed E-state index contributed by atoms with van der Waals surface area (Å²) >= 11 is 12.4. The van der Waals surface area contributed by atoms with E-state index in [1.807, 2.05) is 6.07 Å². The first-order chi connectivity index (χ1) is 57.3. The minimum atomic E-state index is -1.45. The highest BCUT2D eigenvalue weighted by atomic mass is 35.5. The Balaban J connectivity index is 0.000000181. The number of imide groups is 4. The minimum Gasteiger partial charge on any atom is -0.484 e. The Morgan fingerprint density at radius 2 is 1.00 bits per heavy atom. The number of unbranched alkanes of at least 4 members (excludes halogenated alkanes) is 12. The first-order valence-corrected chi connectivity index (χ1v) is 40.3. The number of halogens is 2. The molecule has 16 N–H and O–H groups in total. The number of aromatic nitrogens is 6. The Hall–Kier alpha value is -11.0. The van der Waals surface area contributed by atoms with Crippen molar-refractivity contribution in [2.45, 2.75) is 202 Å². The van der Waals surface area contributed by atoms with Crippen LogP contribution >= 0.6 is 23.2 Å². The monoisotopic (exact) mass is 1680 g/mol. The van der Waals surface area contributed by atoms with Gasteiger partial charge in [-0.3, -0.25) is 63.6 Å². The van der Waals surface area contributed by atoms with Gasteiger partial charge in [-0.15, -0.1) is 0 Å². The van der Waals surface area contributed by atoms with Gasteiger partial charge in [0, 0.05) is 43.9 Å². The highest BCUT2D eigenvalue weighted by Gasteiger charge is 2.51. The number of ketones is 1. The van der Waals surface area contributed by atoms with E-state index in [2.05, 4.69) is 35.9 Å². The fourth-order valence-electron chi connectivity index (χ4n) is 15.5. The van der Waals surface area contributed by atoms with Crippen molar-refractivity contribution in [1.82, 2.24) is 49.5 Å². The molecule has 6 aliphatic heterocycles. The predicted octanol–water partition coefficient (Wildman–Crippen LogP) is 6.40. The van der Waals surface area contributed by atoms with Crippen molar-refractivity contribution >= 4 is 122 Å². The van der Waals surface area contributed by atoms with Gasteiger partial charge in [-0.2, -0.15) is 0 Å². The van der Waals surface area contributed by atoms with Gasteiger partial charge in [0.1, 0.15) is 115 Å². The zero-order valence-corrected chi connectivity index (χ0v) is 66.2. The molecule has 4 saturated heterocycles. The minimum absolute atomic E-state index is 0.0498. The third-order valence-corrected chi connectivity index (χ3v) is 22.4. The van der Waals surface area contributed by atoms with Gasteiger partial charge in [0.15, 0.2) is 24.8 Å². The van der Waals surface area contributed by atoms with Gasteiger partial charge in [0.25, 0.3) is 23.6 Å². The van der Waals surface area contributed by atoms with Crippen molar-refractivity contribution in [3.05, 3.63) is 159 Å². The average molecular weight is 1680 g/mol. The second-order valence-electron chi connectivity index (χ2n) is 29.8. The Morgan fingerprint density at radius 1 is 0.546 bits per heavy atom. The summed E-state index contributed by atoms with van der Waals surface area (Å²) in [7, 11) is 0. The molecule has 37 heteroatoms. The first kappa shape index (κ1) is 87.4. The summed E-state index contributed by atoms with van der Waals surface area (Å²) in [6, 6.07) is 20.5. The van der Waals surface area contributed by atoms with Crippen molar-refractivity contribution < 1.29 is 103 Å². The number of nitrogens with two attached hydrogens (primary N) is 3. The number of ether oxygens (including phenoxy) is 4. The van der Waals surface area contributed by atoms with E-state index in [0.29, 0.717) is 63.8 Å². The standard InChI is InChI=1S/C41H46ClN7O10.C22H29N3O4.C19H19ClN4O7/c42-26-13-12-22(32(52)35-33(53)34(54)41(59-35)48-18-16-25-36(43)45-21-46-37(25)48)19-29(26)58-20-23(50)9-6-4-2-1-3-5-7-17-44-27-11-8-10-24-31(27)40(57)49(39(24)56)28-14-15-30(51)47-38(28)55;23-14-7-5-3-1-2-4-6-9-15-10-8-11-16-19(15)22(29)25(21(16)28)17-12-13-18(26)24-20(17)27;20-10-2-1-8(5-11(10)30-6-12(25)26)13(27)16-14(28)15(29)19(31-16)24-4-3-9-17(21)22-7-23-18(9)24/h8,10-13,16,18-19,21,28,32-35,41,44,52-54H,1-7,9,14-15,17,20H2,(H2,43,45,46)(H,47,51,55);8,10-11,17H,1-7,9,12-14,23H2,(H,24,26,27);1-5,7,13-16,19,27-29H,6H2,(H,25,26)(H2,21,22,23)/t28?,32-,33+,34-,35-,41-;;13-,14+,15-,16-,19-/m1.1/s1. The molecule has 12 atom stereocenters. The number of benzene rings is 4. The Kier molecular flexibility index (Phi) is 29.2. The number of hydrogen-bond acceptors (Lipinski definition) is 28. The van der Waals surface area contributed by atoms with Crippen LogP contribution in [0.15, 0.2) is 110 Å². The molecule has 4 fully saturated rings. The van der Waals surface area contributed by atoms with Crippen LogP contribution in [0.3, 0.4) is 0 Å². The van der Waals surface area contributed by atoms with Gasteiger partial charge in [-0.25, -0.2) is 24.7 Å². The van der Waals surface area contributed by atoms with E-state index in [1.165, 1.54) is 71.4 Å². The van der Waals surface area contributed by atoms with Crippen LogP contribution < -0.4 is 42.6 Å². The van der Waals surface area contributed by atoms with Crippen molar-refractivity contribution in [2.75, 3.05) is 43.1 Å². The molecule has 0 bridgehead atoms. The third kappa shape index (κ3) is 19.8. The number of carboxylic acid groups (broad SMARTS) is 1. The average Bonchev–Trinajstić information content (AvgIpc) is 1.62. The fraction of sp³-hybridized carbons (Fsp3) is 0.439. The third-order valence-electron chi connectivity index (χ3n) is 21.8. The lowest BCUT2D eigenvalue weighted by atomic mass is 9.97. The number of anilines is 3. The number of fused-ring (bicyclic) bond motifs is 4. The molecule has 2 unspecified atom stereocenters. The molecule has 35 nitrogen and oxygen atoms in total. The highest BCUT2D eigenvalue weighted by Crippen LogP contribution is 2.43. The molecule has 6 aliphatic rings. The maximum atomic E-state index is 13.3. The number of aliphatic carboxylic acids is 1. The molecular formula is C82H94Cl2N14O21. The van der Waals surface area contributed by atoms with Crippen LogP contribution in [0.5, 0.6) is 11.5 Å². The van der Waals surface area contributed by atoms with Gasteiger partial charge < -0.3 is 86.3 Å². The maximum Gasteiger partial charge on any atom is 0.341 e. The number of hydrogen-bond donors (Lipinski definition) is 13. The summed E-state index contributed by atoms with van der Waals surface area (Å²) in [5.41, 5.74) is 21.3. The highest BCUT2D eigenvalue weighted by molar-refractivity contribution is 6.32. The lowest BCUT2D eigenvalue weighted by Gasteiger charge is -2.27. The number of rotatable bonds is 34. The fourth-order valence-corrected chi connectivity index (χ4v) is 15.8. The van der Waals surface area contributed by atoms with E-state index < -0.39 is 127 Å². The number of amides is 8. The summed E-state index contributed by atoms with van der Waals surface area (Å²) in [4.78, 5) is 141. The van der Waals surface area contributed by atoms with Crippen LogP contribution in [0.4, 0.5) is 17.3 Å². The van der Waals surface area contributed by atoms with Crippen LogP contribution in [0.25, 0.3) is 22.1 Å². The zero-order valence-electron chi connectivity index (χ0n) is 64.7. The summed E-state index contributed by atoms with van der Waals surface area (Å²) in [5.74, 6) is -4.50. The maximum absolute atomic E-state index is 13.3.